The Morgan fingerprint density at radius 2 is 1.62 bits per heavy atom. The predicted molar refractivity (Wildman–Crippen MR) is 134 cm³/mol. The van der Waals surface area contributed by atoms with Gasteiger partial charge in [-0.1, -0.05) is 30.7 Å². The average molecular weight is 514 g/mol. The van der Waals surface area contributed by atoms with Crippen LogP contribution >= 0.6 is 24.0 Å². The minimum Gasteiger partial charge on any atom is -0.356 e. The van der Waals surface area contributed by atoms with Crippen LogP contribution in [0.2, 0.25) is 0 Å². The van der Waals surface area contributed by atoms with Gasteiger partial charge >= 0.3 is 0 Å². The smallest absolute Gasteiger partial charge is 0.191 e. The summed E-state index contributed by atoms with van der Waals surface area (Å²) in [7, 11) is 4.08. The third-order valence-corrected chi connectivity index (χ3v) is 6.24. The Labute approximate surface area is 194 Å². The third-order valence-electron chi connectivity index (χ3n) is 6.24. The van der Waals surface area contributed by atoms with E-state index in [1.54, 1.807) is 0 Å². The van der Waals surface area contributed by atoms with Gasteiger partial charge in [0.2, 0.25) is 0 Å². The zero-order valence-corrected chi connectivity index (χ0v) is 20.7. The molecule has 0 amide bonds. The maximum atomic E-state index is 4.37. The lowest BCUT2D eigenvalue weighted by Crippen LogP contribution is -2.38. The van der Waals surface area contributed by atoms with E-state index in [0.717, 1.165) is 31.5 Å². The standard InChI is InChI=1S/C23H39N5.HI/c1-24-23(25-13-10-20-11-16-27(2)17-12-20)26-18-21-6-8-22(9-7-21)19-28-14-4-3-5-15-28;/h6-9,20H,3-5,10-19H2,1-2H3,(H2,24,25,26);1H. The molecule has 2 N–H and O–H groups in total. The second kappa shape index (κ2) is 13.4. The molecule has 164 valence electrons. The van der Waals surface area contributed by atoms with Crippen LogP contribution in [0.15, 0.2) is 29.3 Å². The van der Waals surface area contributed by atoms with Crippen molar-refractivity contribution in [2.24, 2.45) is 10.9 Å². The molecule has 0 spiro atoms. The molecule has 1 aromatic rings. The fourth-order valence-corrected chi connectivity index (χ4v) is 4.29. The van der Waals surface area contributed by atoms with Gasteiger partial charge in [0.25, 0.3) is 0 Å². The normalized spacial score (nSPS) is 19.6. The van der Waals surface area contributed by atoms with Crippen LogP contribution in [0.3, 0.4) is 0 Å². The van der Waals surface area contributed by atoms with Crippen molar-refractivity contribution in [3.8, 4) is 0 Å². The lowest BCUT2D eigenvalue weighted by molar-refractivity contribution is 0.213. The number of nitrogens with one attached hydrogen (secondary N) is 2. The lowest BCUT2D eigenvalue weighted by atomic mass is 9.94. The zero-order valence-electron chi connectivity index (χ0n) is 18.3. The van der Waals surface area contributed by atoms with Crippen LogP contribution in [0.25, 0.3) is 0 Å². The SMILES string of the molecule is CN=C(NCCC1CCN(C)CC1)NCc1ccc(CN2CCCCC2)cc1.I. The van der Waals surface area contributed by atoms with E-state index in [9.17, 15) is 0 Å². The fourth-order valence-electron chi connectivity index (χ4n) is 4.29. The van der Waals surface area contributed by atoms with Gasteiger partial charge in [-0.15, -0.1) is 24.0 Å². The topological polar surface area (TPSA) is 42.9 Å². The zero-order chi connectivity index (χ0) is 19.6. The van der Waals surface area contributed by atoms with Crippen LogP contribution in [0.4, 0.5) is 0 Å². The Morgan fingerprint density at radius 1 is 0.966 bits per heavy atom. The molecule has 0 unspecified atom stereocenters. The fraction of sp³-hybridized carbons (Fsp3) is 0.696. The Morgan fingerprint density at radius 3 is 2.28 bits per heavy atom. The van der Waals surface area contributed by atoms with Crippen molar-refractivity contribution in [1.82, 2.24) is 20.4 Å². The van der Waals surface area contributed by atoms with Crippen molar-refractivity contribution in [3.05, 3.63) is 35.4 Å². The van der Waals surface area contributed by atoms with Crippen LogP contribution in [0, 0.1) is 5.92 Å². The molecule has 2 aliphatic rings. The van der Waals surface area contributed by atoms with E-state index in [4.69, 9.17) is 0 Å². The number of hydrogen-bond acceptors (Lipinski definition) is 3. The van der Waals surface area contributed by atoms with Crippen molar-refractivity contribution in [2.45, 2.75) is 51.6 Å². The number of rotatable bonds is 7. The molecule has 29 heavy (non-hydrogen) atoms. The maximum absolute atomic E-state index is 4.37. The number of aliphatic imine (C=N–C) groups is 1. The van der Waals surface area contributed by atoms with Crippen LogP contribution in [-0.4, -0.2) is 62.6 Å². The Hall–Kier alpha value is -0.860. The number of halogens is 1. The summed E-state index contributed by atoms with van der Waals surface area (Å²) in [5.74, 6) is 1.76. The molecule has 2 heterocycles. The van der Waals surface area contributed by atoms with Crippen molar-refractivity contribution < 1.29 is 0 Å². The number of benzene rings is 1. The van der Waals surface area contributed by atoms with E-state index >= 15 is 0 Å². The molecule has 0 aromatic heterocycles. The van der Waals surface area contributed by atoms with Crippen LogP contribution in [-0.2, 0) is 13.1 Å². The highest BCUT2D eigenvalue weighted by atomic mass is 127. The summed E-state index contributed by atoms with van der Waals surface area (Å²) in [6, 6.07) is 9.06. The first-order valence-corrected chi connectivity index (χ1v) is 11.2. The maximum Gasteiger partial charge on any atom is 0.191 e. The summed E-state index contributed by atoms with van der Waals surface area (Å²) in [6.07, 6.45) is 7.99. The first-order chi connectivity index (χ1) is 13.7. The number of piperidine rings is 2. The van der Waals surface area contributed by atoms with E-state index in [-0.39, 0.29) is 24.0 Å². The summed E-state index contributed by atoms with van der Waals surface area (Å²) in [5, 5.41) is 6.93. The first kappa shape index (κ1) is 24.4. The van der Waals surface area contributed by atoms with E-state index in [0.29, 0.717) is 0 Å². The third kappa shape index (κ3) is 8.80. The first-order valence-electron chi connectivity index (χ1n) is 11.2. The molecule has 0 bridgehead atoms. The molecule has 2 saturated heterocycles. The largest absolute Gasteiger partial charge is 0.356 e. The monoisotopic (exact) mass is 513 g/mol. The molecule has 3 rings (SSSR count). The van der Waals surface area contributed by atoms with Gasteiger partial charge in [0, 0.05) is 26.7 Å². The highest BCUT2D eigenvalue weighted by Crippen LogP contribution is 2.18. The highest BCUT2D eigenvalue weighted by molar-refractivity contribution is 14.0. The predicted octanol–water partition coefficient (Wildman–Crippen LogP) is 3.69. The molecule has 0 radical (unpaired) electrons. The number of nitrogens with zero attached hydrogens (tertiary/aromatic N) is 3. The van der Waals surface area contributed by atoms with Crippen molar-refractivity contribution in [3.63, 3.8) is 0 Å². The van der Waals surface area contributed by atoms with Gasteiger partial charge in [0.1, 0.15) is 0 Å². The van der Waals surface area contributed by atoms with Crippen molar-refractivity contribution in [2.75, 3.05) is 46.8 Å². The van der Waals surface area contributed by atoms with Gasteiger partial charge in [-0.3, -0.25) is 9.89 Å². The van der Waals surface area contributed by atoms with E-state index in [2.05, 4.69) is 56.7 Å². The summed E-state index contributed by atoms with van der Waals surface area (Å²) in [5.41, 5.74) is 2.73. The molecule has 2 aliphatic heterocycles. The Balaban J connectivity index is 0.00000300. The molecule has 0 atom stereocenters. The van der Waals surface area contributed by atoms with Gasteiger partial charge in [-0.25, -0.2) is 0 Å². The summed E-state index contributed by atoms with van der Waals surface area (Å²) >= 11 is 0. The Kier molecular flexibility index (Phi) is 11.3. The molecule has 0 aliphatic carbocycles. The second-order valence-electron chi connectivity index (χ2n) is 8.54. The van der Waals surface area contributed by atoms with Crippen LogP contribution in [0.1, 0.15) is 49.7 Å². The van der Waals surface area contributed by atoms with E-state index < -0.39 is 0 Å². The quantitative estimate of drug-likeness (QED) is 0.332. The molecule has 1 aromatic carbocycles. The highest BCUT2D eigenvalue weighted by Gasteiger charge is 2.16. The second-order valence-corrected chi connectivity index (χ2v) is 8.54. The Bertz CT molecular complexity index is 590. The van der Waals surface area contributed by atoms with E-state index in [1.807, 2.05) is 7.05 Å². The van der Waals surface area contributed by atoms with Crippen LogP contribution < -0.4 is 10.6 Å². The average Bonchev–Trinajstić information content (AvgIpc) is 2.74. The van der Waals surface area contributed by atoms with Gasteiger partial charge < -0.3 is 15.5 Å². The molecule has 5 nitrogen and oxygen atoms in total. The summed E-state index contributed by atoms with van der Waals surface area (Å²) in [4.78, 5) is 9.38. The van der Waals surface area contributed by atoms with Crippen molar-refractivity contribution in [1.29, 1.82) is 0 Å². The summed E-state index contributed by atoms with van der Waals surface area (Å²) < 4.78 is 0. The number of likely N-dealkylation sites (tertiary alicyclic amines) is 2. The molecule has 6 heteroatoms. The van der Waals surface area contributed by atoms with Gasteiger partial charge in [0.15, 0.2) is 5.96 Å². The number of guanidine groups is 1. The molecule has 0 saturated carbocycles. The van der Waals surface area contributed by atoms with E-state index in [1.165, 1.54) is 75.8 Å². The lowest BCUT2D eigenvalue weighted by Gasteiger charge is -2.29. The minimum atomic E-state index is 0. The van der Waals surface area contributed by atoms with Gasteiger partial charge in [-0.05, 0) is 82.4 Å². The van der Waals surface area contributed by atoms with Crippen molar-refractivity contribution >= 4 is 29.9 Å². The molecular weight excluding hydrogens is 473 g/mol. The molecular formula is C23H40IN5. The van der Waals surface area contributed by atoms with Crippen LogP contribution in [0.5, 0.6) is 0 Å². The van der Waals surface area contributed by atoms with Gasteiger partial charge in [0.05, 0.1) is 0 Å². The minimum absolute atomic E-state index is 0. The summed E-state index contributed by atoms with van der Waals surface area (Å²) in [6.45, 7) is 7.90. The van der Waals surface area contributed by atoms with Gasteiger partial charge in [-0.2, -0.15) is 0 Å². The molecule has 2 fully saturated rings. The number of hydrogen-bond donors (Lipinski definition) is 2.